The number of pyridine rings is 1. The number of aromatic nitrogens is 3. The van der Waals surface area contributed by atoms with E-state index in [0.717, 1.165) is 22.2 Å². The van der Waals surface area contributed by atoms with Crippen molar-refractivity contribution in [1.82, 2.24) is 19.2 Å². The Morgan fingerprint density at radius 2 is 1.88 bits per heavy atom. The molecule has 0 aliphatic carbocycles. The van der Waals surface area contributed by atoms with Crippen LogP contribution in [0.5, 0.6) is 5.75 Å². The van der Waals surface area contributed by atoms with Crippen molar-refractivity contribution in [3.8, 4) is 11.4 Å². The van der Waals surface area contributed by atoms with Crippen LogP contribution in [0, 0.1) is 0 Å². The van der Waals surface area contributed by atoms with Gasteiger partial charge in [0.2, 0.25) is 0 Å². The minimum Gasteiger partial charge on any atom is -0.489 e. The lowest BCUT2D eigenvalue weighted by Gasteiger charge is -2.16. The van der Waals surface area contributed by atoms with E-state index in [9.17, 15) is 9.90 Å². The van der Waals surface area contributed by atoms with E-state index in [1.165, 1.54) is 6.07 Å². The van der Waals surface area contributed by atoms with Crippen molar-refractivity contribution in [2.24, 2.45) is 0 Å². The zero-order valence-electron chi connectivity index (χ0n) is 18.1. The van der Waals surface area contributed by atoms with Gasteiger partial charge in [-0.05, 0) is 43.9 Å². The van der Waals surface area contributed by atoms with Crippen LogP contribution in [0.25, 0.3) is 16.6 Å². The van der Waals surface area contributed by atoms with Crippen molar-refractivity contribution in [2.75, 3.05) is 20.6 Å². The fourth-order valence-electron chi connectivity index (χ4n) is 3.55. The third-order valence-electron chi connectivity index (χ3n) is 5.00. The van der Waals surface area contributed by atoms with E-state index in [-0.39, 0.29) is 18.0 Å². The predicted octanol–water partition coefficient (Wildman–Crippen LogP) is 3.11. The van der Waals surface area contributed by atoms with Gasteiger partial charge in [-0.25, -0.2) is 0 Å². The van der Waals surface area contributed by atoms with Crippen LogP contribution in [-0.4, -0.2) is 51.1 Å². The van der Waals surface area contributed by atoms with Crippen molar-refractivity contribution in [2.45, 2.75) is 19.3 Å². The molecule has 0 unspecified atom stereocenters. The van der Waals surface area contributed by atoms with E-state index in [0.29, 0.717) is 25.4 Å². The maximum Gasteiger partial charge on any atom is 0.258 e. The minimum atomic E-state index is -0.510. The van der Waals surface area contributed by atoms with Crippen molar-refractivity contribution < 1.29 is 9.84 Å². The highest BCUT2D eigenvalue weighted by atomic mass is 35.5. The summed E-state index contributed by atoms with van der Waals surface area (Å²) in [5.41, 5.74) is 2.54. The summed E-state index contributed by atoms with van der Waals surface area (Å²) in [4.78, 5) is 14.6. The molecule has 0 bridgehead atoms. The number of fused-ring (bicyclic) bond motifs is 1. The molecular formula is C24H27ClN4O3. The molecule has 168 valence electrons. The second-order valence-electron chi connectivity index (χ2n) is 7.83. The van der Waals surface area contributed by atoms with Crippen LogP contribution in [0.15, 0.2) is 77.9 Å². The monoisotopic (exact) mass is 454 g/mol. The topological polar surface area (TPSA) is 72.5 Å². The van der Waals surface area contributed by atoms with Crippen LogP contribution in [0.3, 0.4) is 0 Å². The van der Waals surface area contributed by atoms with E-state index in [4.69, 9.17) is 4.74 Å². The molecule has 7 nitrogen and oxygen atoms in total. The third-order valence-corrected chi connectivity index (χ3v) is 5.00. The molecule has 0 radical (unpaired) electrons. The Balaban J connectivity index is 0.00000289. The summed E-state index contributed by atoms with van der Waals surface area (Å²) in [6, 6.07) is 18.8. The van der Waals surface area contributed by atoms with Gasteiger partial charge in [0, 0.05) is 29.9 Å². The first kappa shape index (κ1) is 23.5. The molecule has 0 spiro atoms. The van der Waals surface area contributed by atoms with E-state index in [1.54, 1.807) is 27.7 Å². The molecule has 0 aliphatic heterocycles. The first-order chi connectivity index (χ1) is 15.0. The van der Waals surface area contributed by atoms with Gasteiger partial charge in [-0.1, -0.05) is 30.3 Å². The summed E-state index contributed by atoms with van der Waals surface area (Å²) in [5.74, 6) is 0.536. The number of hydrogen-bond acceptors (Lipinski definition) is 5. The summed E-state index contributed by atoms with van der Waals surface area (Å²) < 4.78 is 9.11. The van der Waals surface area contributed by atoms with Gasteiger partial charge in [-0.15, -0.1) is 12.4 Å². The van der Waals surface area contributed by atoms with Crippen LogP contribution in [0.2, 0.25) is 0 Å². The highest BCUT2D eigenvalue weighted by Gasteiger charge is 2.11. The number of benzene rings is 2. The van der Waals surface area contributed by atoms with E-state index >= 15 is 0 Å². The first-order valence-corrected chi connectivity index (χ1v) is 10.2. The standard InChI is InChI=1S/C24H26N4O3.ClH/c1-26(2)15-21(29)16-28-23-9-8-20(12-19(23)14-25-28)27-11-10-22(13-24(27)30)31-17-18-6-4-3-5-7-18;/h3-14,21,29H,15-17H2,1-2H3;1H/t21-;/m0./s1. The molecule has 0 aliphatic rings. The number of rotatable bonds is 8. The molecule has 0 amide bonds. The SMILES string of the molecule is CN(C)C[C@H](O)Cn1ncc2cc(-n3ccc(OCc4ccccc4)cc3=O)ccc21.Cl. The normalized spacial score (nSPS) is 12.0. The number of aliphatic hydroxyl groups excluding tert-OH is 1. The average molecular weight is 455 g/mol. The number of likely N-dealkylation sites (N-methyl/N-ethyl adjacent to an activating group) is 1. The highest BCUT2D eigenvalue weighted by Crippen LogP contribution is 2.19. The summed E-state index contributed by atoms with van der Waals surface area (Å²) in [6.07, 6.45) is 2.96. The van der Waals surface area contributed by atoms with Gasteiger partial charge in [0.05, 0.1) is 24.4 Å². The molecule has 1 atom stereocenters. The van der Waals surface area contributed by atoms with E-state index in [2.05, 4.69) is 5.10 Å². The molecule has 4 rings (SSSR count). The van der Waals surface area contributed by atoms with Gasteiger partial charge in [-0.2, -0.15) is 5.10 Å². The number of nitrogens with zero attached hydrogens (tertiary/aromatic N) is 4. The molecule has 8 heteroatoms. The van der Waals surface area contributed by atoms with Crippen LogP contribution in [0.1, 0.15) is 5.56 Å². The fourth-order valence-corrected chi connectivity index (χ4v) is 3.55. The van der Waals surface area contributed by atoms with Crippen molar-refractivity contribution in [1.29, 1.82) is 0 Å². The molecule has 4 aromatic rings. The molecule has 2 heterocycles. The summed E-state index contributed by atoms with van der Waals surface area (Å²) in [5, 5.41) is 15.5. The molecule has 2 aromatic heterocycles. The minimum absolute atomic E-state index is 0. The lowest BCUT2D eigenvalue weighted by Crippen LogP contribution is -2.29. The van der Waals surface area contributed by atoms with Gasteiger partial charge in [0.15, 0.2) is 0 Å². The van der Waals surface area contributed by atoms with E-state index < -0.39 is 6.10 Å². The van der Waals surface area contributed by atoms with Crippen LogP contribution in [0.4, 0.5) is 0 Å². The third kappa shape index (κ3) is 5.56. The molecule has 0 fully saturated rings. The molecule has 1 N–H and O–H groups in total. The molecular weight excluding hydrogens is 428 g/mol. The number of halogens is 1. The lowest BCUT2D eigenvalue weighted by atomic mass is 10.2. The molecule has 0 saturated carbocycles. The van der Waals surface area contributed by atoms with Gasteiger partial charge in [0.25, 0.3) is 5.56 Å². The Bertz CT molecular complexity index is 1220. The zero-order valence-corrected chi connectivity index (χ0v) is 18.9. The predicted molar refractivity (Wildman–Crippen MR) is 128 cm³/mol. The Kier molecular flexibility index (Phi) is 7.69. The van der Waals surface area contributed by atoms with Gasteiger partial charge >= 0.3 is 0 Å². The van der Waals surface area contributed by atoms with Crippen LogP contribution in [-0.2, 0) is 13.2 Å². The first-order valence-electron chi connectivity index (χ1n) is 10.2. The van der Waals surface area contributed by atoms with Gasteiger partial charge in [0.1, 0.15) is 12.4 Å². The van der Waals surface area contributed by atoms with E-state index in [1.807, 2.05) is 67.5 Å². The quantitative estimate of drug-likeness (QED) is 0.443. The number of ether oxygens (including phenoxy) is 1. The molecule has 2 aromatic carbocycles. The van der Waals surface area contributed by atoms with Crippen molar-refractivity contribution in [3.63, 3.8) is 0 Å². The maximum atomic E-state index is 12.7. The van der Waals surface area contributed by atoms with Crippen LogP contribution >= 0.6 is 12.4 Å². The summed E-state index contributed by atoms with van der Waals surface area (Å²) >= 11 is 0. The second-order valence-corrected chi connectivity index (χ2v) is 7.83. The molecule has 0 saturated heterocycles. The zero-order chi connectivity index (χ0) is 21.8. The average Bonchev–Trinajstić information content (AvgIpc) is 3.14. The second kappa shape index (κ2) is 10.5. The molecule has 32 heavy (non-hydrogen) atoms. The summed E-state index contributed by atoms with van der Waals surface area (Å²) in [6.45, 7) is 1.39. The Morgan fingerprint density at radius 3 is 2.59 bits per heavy atom. The number of aliphatic hydroxyl groups is 1. The Labute approximate surface area is 192 Å². The van der Waals surface area contributed by atoms with Crippen LogP contribution < -0.4 is 10.3 Å². The summed E-state index contributed by atoms with van der Waals surface area (Å²) in [7, 11) is 3.85. The van der Waals surface area contributed by atoms with Crippen molar-refractivity contribution >= 4 is 23.3 Å². The fraction of sp³-hybridized carbons (Fsp3) is 0.250. The lowest BCUT2D eigenvalue weighted by molar-refractivity contribution is 0.117. The Morgan fingerprint density at radius 1 is 1.09 bits per heavy atom. The maximum absolute atomic E-state index is 12.7. The van der Waals surface area contributed by atoms with Gasteiger partial charge < -0.3 is 14.7 Å². The smallest absolute Gasteiger partial charge is 0.258 e. The Hall–Kier alpha value is -3.13. The highest BCUT2D eigenvalue weighted by molar-refractivity contribution is 5.85. The van der Waals surface area contributed by atoms with Crippen molar-refractivity contribution in [3.05, 3.63) is 89.0 Å². The largest absolute Gasteiger partial charge is 0.489 e. The van der Waals surface area contributed by atoms with Gasteiger partial charge in [-0.3, -0.25) is 14.0 Å². The number of hydrogen-bond donors (Lipinski definition) is 1.